The van der Waals surface area contributed by atoms with E-state index < -0.39 is 5.97 Å². The minimum atomic E-state index is -0.519. The zero-order valence-corrected chi connectivity index (χ0v) is 15.3. The molecule has 1 aliphatic carbocycles. The lowest BCUT2D eigenvalue weighted by atomic mass is 10.1. The van der Waals surface area contributed by atoms with Crippen LogP contribution in [0.1, 0.15) is 27.9 Å². The number of carbonyl (C=O) groups is 3. The van der Waals surface area contributed by atoms with E-state index in [-0.39, 0.29) is 29.2 Å². The Hall–Kier alpha value is -3.15. The number of amides is 2. The Bertz CT molecular complexity index is 878. The molecule has 2 amide bonds. The van der Waals surface area contributed by atoms with E-state index in [0.29, 0.717) is 18.7 Å². The molecule has 2 aromatic rings. The second-order valence-electron chi connectivity index (χ2n) is 6.62. The molecule has 2 N–H and O–H groups in total. The molecule has 0 heterocycles. The summed E-state index contributed by atoms with van der Waals surface area (Å²) in [5.41, 5.74) is 2.84. The summed E-state index contributed by atoms with van der Waals surface area (Å²) in [6.45, 7) is 2.44. The van der Waals surface area contributed by atoms with Gasteiger partial charge in [-0.25, -0.2) is 4.79 Å². The lowest BCUT2D eigenvalue weighted by Gasteiger charge is -2.10. The van der Waals surface area contributed by atoms with Crippen LogP contribution in [0.5, 0.6) is 0 Å². The number of rotatable bonds is 6. The smallest absolute Gasteiger partial charge is 0.339 e. The number of para-hydroxylation sites is 1. The van der Waals surface area contributed by atoms with E-state index in [4.69, 9.17) is 4.74 Å². The first-order chi connectivity index (χ1) is 13.0. The van der Waals surface area contributed by atoms with Gasteiger partial charge in [0.15, 0.2) is 0 Å². The van der Waals surface area contributed by atoms with Gasteiger partial charge in [0, 0.05) is 6.54 Å². The fourth-order valence-corrected chi connectivity index (χ4v) is 3.00. The van der Waals surface area contributed by atoms with Crippen LogP contribution in [0.2, 0.25) is 0 Å². The summed E-state index contributed by atoms with van der Waals surface area (Å²) in [6, 6.07) is 14.5. The molecule has 2 aromatic carbocycles. The third kappa shape index (κ3) is 4.34. The second-order valence-corrected chi connectivity index (χ2v) is 6.62. The third-order valence-corrected chi connectivity index (χ3v) is 4.77. The quantitative estimate of drug-likeness (QED) is 0.770. The molecular formula is C21H22N2O4. The fraction of sp³-hybridized carbons (Fsp3) is 0.286. The highest BCUT2D eigenvalue weighted by atomic mass is 16.5. The summed E-state index contributed by atoms with van der Waals surface area (Å²) in [4.78, 5) is 36.5. The monoisotopic (exact) mass is 366 g/mol. The standard InChI is InChI=1S/C21H22N2O4/c1-13-7-3-4-8-14(13)12-22-19(24)16-11-17(16)20(25)23-18-10-6-5-9-15(18)21(26)27-2/h3-10,16-17H,11-12H2,1-2H3,(H,22,24)(H,23,25). The molecule has 2 atom stereocenters. The maximum absolute atomic E-state index is 12.4. The average Bonchev–Trinajstić information content (AvgIpc) is 3.48. The van der Waals surface area contributed by atoms with Crippen molar-refractivity contribution >= 4 is 23.5 Å². The molecule has 0 aliphatic heterocycles. The van der Waals surface area contributed by atoms with E-state index in [1.54, 1.807) is 24.3 Å². The lowest BCUT2D eigenvalue weighted by Crippen LogP contribution is -2.27. The molecule has 1 fully saturated rings. The van der Waals surface area contributed by atoms with Gasteiger partial charge in [-0.05, 0) is 36.6 Å². The summed E-state index contributed by atoms with van der Waals surface area (Å²) < 4.78 is 4.72. The Morgan fingerprint density at radius 3 is 2.41 bits per heavy atom. The molecule has 3 rings (SSSR count). The number of nitrogens with one attached hydrogen (secondary N) is 2. The van der Waals surface area contributed by atoms with Crippen molar-refractivity contribution in [1.29, 1.82) is 0 Å². The van der Waals surface area contributed by atoms with Crippen LogP contribution in [-0.2, 0) is 20.9 Å². The number of aryl methyl sites for hydroxylation is 1. The van der Waals surface area contributed by atoms with Crippen molar-refractivity contribution < 1.29 is 19.1 Å². The summed E-state index contributed by atoms with van der Waals surface area (Å²) in [7, 11) is 1.29. The van der Waals surface area contributed by atoms with Gasteiger partial charge in [-0.2, -0.15) is 0 Å². The first kappa shape index (κ1) is 18.6. The van der Waals surface area contributed by atoms with E-state index in [0.717, 1.165) is 11.1 Å². The zero-order valence-electron chi connectivity index (χ0n) is 15.3. The number of hydrogen-bond donors (Lipinski definition) is 2. The van der Waals surface area contributed by atoms with Gasteiger partial charge in [0.25, 0.3) is 0 Å². The van der Waals surface area contributed by atoms with Gasteiger partial charge >= 0.3 is 5.97 Å². The van der Waals surface area contributed by atoms with Crippen molar-refractivity contribution in [2.45, 2.75) is 19.9 Å². The number of methoxy groups -OCH3 is 1. The molecule has 27 heavy (non-hydrogen) atoms. The van der Waals surface area contributed by atoms with E-state index >= 15 is 0 Å². The Morgan fingerprint density at radius 1 is 1.00 bits per heavy atom. The van der Waals surface area contributed by atoms with Gasteiger partial charge in [-0.3, -0.25) is 9.59 Å². The van der Waals surface area contributed by atoms with Crippen molar-refractivity contribution in [2.24, 2.45) is 11.8 Å². The summed E-state index contributed by atoms with van der Waals surface area (Å²) >= 11 is 0. The van der Waals surface area contributed by atoms with Crippen LogP contribution >= 0.6 is 0 Å². The maximum atomic E-state index is 12.4. The molecule has 1 saturated carbocycles. The van der Waals surface area contributed by atoms with Crippen molar-refractivity contribution in [2.75, 3.05) is 12.4 Å². The highest BCUT2D eigenvalue weighted by molar-refractivity contribution is 6.04. The minimum Gasteiger partial charge on any atom is -0.465 e. The highest BCUT2D eigenvalue weighted by Gasteiger charge is 2.48. The van der Waals surface area contributed by atoms with Gasteiger partial charge in [-0.15, -0.1) is 0 Å². The normalized spacial score (nSPS) is 17.7. The van der Waals surface area contributed by atoms with E-state index in [1.807, 2.05) is 31.2 Å². The second kappa shape index (κ2) is 8.03. The van der Waals surface area contributed by atoms with E-state index in [1.165, 1.54) is 7.11 Å². The predicted molar refractivity (Wildman–Crippen MR) is 101 cm³/mol. The van der Waals surface area contributed by atoms with Crippen molar-refractivity contribution in [3.05, 3.63) is 65.2 Å². The van der Waals surface area contributed by atoms with Gasteiger partial charge in [0.05, 0.1) is 30.2 Å². The average molecular weight is 366 g/mol. The molecule has 1 aliphatic rings. The van der Waals surface area contributed by atoms with Crippen LogP contribution in [0.4, 0.5) is 5.69 Å². The summed E-state index contributed by atoms with van der Waals surface area (Å²) in [6.07, 6.45) is 0.506. The van der Waals surface area contributed by atoms with Crippen LogP contribution in [0.3, 0.4) is 0 Å². The topological polar surface area (TPSA) is 84.5 Å². The van der Waals surface area contributed by atoms with Crippen LogP contribution in [0, 0.1) is 18.8 Å². The van der Waals surface area contributed by atoms with Crippen LogP contribution < -0.4 is 10.6 Å². The molecular weight excluding hydrogens is 344 g/mol. The number of benzene rings is 2. The summed E-state index contributed by atoms with van der Waals surface area (Å²) in [5.74, 6) is -1.62. The van der Waals surface area contributed by atoms with Crippen LogP contribution in [0.25, 0.3) is 0 Å². The molecule has 0 spiro atoms. The molecule has 0 bridgehead atoms. The molecule has 6 heteroatoms. The van der Waals surface area contributed by atoms with Crippen LogP contribution in [0.15, 0.2) is 48.5 Å². The Kier molecular flexibility index (Phi) is 5.54. The van der Waals surface area contributed by atoms with E-state index in [2.05, 4.69) is 10.6 Å². The molecule has 6 nitrogen and oxygen atoms in total. The molecule has 140 valence electrons. The zero-order chi connectivity index (χ0) is 19.4. The Morgan fingerprint density at radius 2 is 1.67 bits per heavy atom. The van der Waals surface area contributed by atoms with Crippen molar-refractivity contribution in [1.82, 2.24) is 5.32 Å². The van der Waals surface area contributed by atoms with Crippen LogP contribution in [-0.4, -0.2) is 24.9 Å². The Labute approximate surface area is 157 Å². The maximum Gasteiger partial charge on any atom is 0.339 e. The van der Waals surface area contributed by atoms with Gasteiger partial charge < -0.3 is 15.4 Å². The fourth-order valence-electron chi connectivity index (χ4n) is 3.00. The Balaban J connectivity index is 1.56. The van der Waals surface area contributed by atoms with Crippen molar-refractivity contribution in [3.63, 3.8) is 0 Å². The van der Waals surface area contributed by atoms with Crippen molar-refractivity contribution in [3.8, 4) is 0 Å². The molecule has 0 aromatic heterocycles. The predicted octanol–water partition coefficient (Wildman–Crippen LogP) is 2.67. The number of esters is 1. The lowest BCUT2D eigenvalue weighted by molar-refractivity contribution is -0.125. The largest absolute Gasteiger partial charge is 0.465 e. The van der Waals surface area contributed by atoms with Gasteiger partial charge in [0.2, 0.25) is 11.8 Å². The molecule has 2 unspecified atom stereocenters. The number of anilines is 1. The van der Waals surface area contributed by atoms with Gasteiger partial charge in [-0.1, -0.05) is 36.4 Å². The van der Waals surface area contributed by atoms with Gasteiger partial charge in [0.1, 0.15) is 0 Å². The minimum absolute atomic E-state index is 0.125. The number of hydrogen-bond acceptors (Lipinski definition) is 4. The van der Waals surface area contributed by atoms with E-state index in [9.17, 15) is 14.4 Å². The first-order valence-corrected chi connectivity index (χ1v) is 8.81. The summed E-state index contributed by atoms with van der Waals surface area (Å²) in [5, 5.41) is 5.63. The first-order valence-electron chi connectivity index (χ1n) is 8.81. The third-order valence-electron chi connectivity index (χ3n) is 4.77. The number of ether oxygens (including phenoxy) is 1. The molecule has 0 radical (unpaired) electrons. The molecule has 0 saturated heterocycles. The SMILES string of the molecule is COC(=O)c1ccccc1NC(=O)C1CC1C(=O)NCc1ccccc1C. The highest BCUT2D eigenvalue weighted by Crippen LogP contribution is 2.39. The number of carbonyl (C=O) groups excluding carboxylic acids is 3.